The zero-order valence-corrected chi connectivity index (χ0v) is 15.5. The molecule has 6 heteroatoms. The summed E-state index contributed by atoms with van der Waals surface area (Å²) in [7, 11) is 0. The van der Waals surface area contributed by atoms with E-state index < -0.39 is 0 Å². The Labute approximate surface area is 156 Å². The van der Waals surface area contributed by atoms with E-state index >= 15 is 0 Å². The summed E-state index contributed by atoms with van der Waals surface area (Å²) in [5, 5.41) is 3.50. The second-order valence-electron chi connectivity index (χ2n) is 6.79. The van der Waals surface area contributed by atoms with Crippen LogP contribution in [0, 0.1) is 5.41 Å². The zero-order valence-electron chi connectivity index (χ0n) is 13.9. The summed E-state index contributed by atoms with van der Waals surface area (Å²) >= 11 is 0. The van der Waals surface area contributed by atoms with Crippen LogP contribution in [0.15, 0.2) is 42.9 Å². The maximum Gasteiger partial charge on any atom is 0.0636 e. The molecular weight excluding hydrogens is 343 g/mol. The minimum atomic E-state index is 0. The number of halogens is 2. The molecule has 0 aromatic carbocycles. The van der Waals surface area contributed by atoms with Gasteiger partial charge >= 0.3 is 0 Å². The van der Waals surface area contributed by atoms with Gasteiger partial charge in [0.1, 0.15) is 0 Å². The van der Waals surface area contributed by atoms with Gasteiger partial charge in [-0.15, -0.1) is 24.8 Å². The lowest BCUT2D eigenvalue weighted by molar-refractivity contribution is 0.193. The molecule has 1 N–H and O–H groups in total. The van der Waals surface area contributed by atoms with Crippen LogP contribution in [-0.4, -0.2) is 40.6 Å². The van der Waals surface area contributed by atoms with E-state index in [0.29, 0.717) is 5.41 Å². The van der Waals surface area contributed by atoms with Crippen LogP contribution in [0.4, 0.5) is 0 Å². The van der Waals surface area contributed by atoms with Gasteiger partial charge in [-0.2, -0.15) is 0 Å². The van der Waals surface area contributed by atoms with Crippen molar-refractivity contribution in [2.24, 2.45) is 5.41 Å². The molecule has 4 nitrogen and oxygen atoms in total. The number of nitrogens with one attached hydrogen (secondary N) is 1. The molecule has 0 radical (unpaired) electrons. The molecule has 0 aliphatic carbocycles. The third-order valence-corrected chi connectivity index (χ3v) is 5.32. The molecule has 2 aromatic heterocycles. The number of likely N-dealkylation sites (tertiary alicyclic amines) is 1. The summed E-state index contributed by atoms with van der Waals surface area (Å²) in [5.74, 6) is 0. The lowest BCUT2D eigenvalue weighted by Crippen LogP contribution is -2.38. The Morgan fingerprint density at radius 1 is 1.08 bits per heavy atom. The minimum absolute atomic E-state index is 0. The standard InChI is InChI=1S/C18H24N4.2ClH/c1-3-16(13-20-8-1)22-11-2-4-17(22)14-21-12-7-18(15-21)5-9-19-10-6-18;;/h1-4,8,11,13,19H,5-7,9-10,12,14-15H2;2*1H. The summed E-state index contributed by atoms with van der Waals surface area (Å²) in [6.45, 7) is 5.92. The first-order valence-corrected chi connectivity index (χ1v) is 8.34. The number of hydrogen-bond donors (Lipinski definition) is 1. The van der Waals surface area contributed by atoms with Gasteiger partial charge < -0.3 is 9.88 Å². The first kappa shape index (κ1) is 19.3. The summed E-state index contributed by atoms with van der Waals surface area (Å²) in [6.07, 6.45) is 9.95. The second-order valence-corrected chi connectivity index (χ2v) is 6.79. The van der Waals surface area contributed by atoms with Gasteiger partial charge in [-0.1, -0.05) is 0 Å². The minimum Gasteiger partial charge on any atom is -0.318 e. The molecule has 2 aliphatic rings. The monoisotopic (exact) mass is 368 g/mol. The fourth-order valence-electron chi connectivity index (χ4n) is 4.05. The average molecular weight is 369 g/mol. The molecule has 132 valence electrons. The molecule has 2 aliphatic heterocycles. The van der Waals surface area contributed by atoms with Gasteiger partial charge in [0, 0.05) is 31.2 Å². The van der Waals surface area contributed by atoms with Crippen LogP contribution in [0.2, 0.25) is 0 Å². The molecule has 0 saturated carbocycles. The van der Waals surface area contributed by atoms with Gasteiger partial charge in [-0.3, -0.25) is 9.88 Å². The Bertz CT molecular complexity index is 623. The normalized spacial score (nSPS) is 19.7. The van der Waals surface area contributed by atoms with Crippen molar-refractivity contribution in [3.63, 3.8) is 0 Å². The fraction of sp³-hybridized carbons (Fsp3) is 0.500. The van der Waals surface area contributed by atoms with Gasteiger partial charge in [-0.05, 0) is 68.6 Å². The number of nitrogens with zero attached hydrogens (tertiary/aromatic N) is 3. The number of pyridine rings is 1. The Morgan fingerprint density at radius 3 is 2.67 bits per heavy atom. The topological polar surface area (TPSA) is 33.1 Å². The highest BCUT2D eigenvalue weighted by Gasteiger charge is 2.38. The molecule has 0 unspecified atom stereocenters. The van der Waals surface area contributed by atoms with E-state index in [1.165, 1.54) is 51.1 Å². The largest absolute Gasteiger partial charge is 0.318 e. The zero-order chi connectivity index (χ0) is 14.8. The van der Waals surface area contributed by atoms with E-state index in [2.05, 4.69) is 44.2 Å². The summed E-state index contributed by atoms with van der Waals surface area (Å²) < 4.78 is 2.26. The molecule has 0 bridgehead atoms. The third-order valence-electron chi connectivity index (χ3n) is 5.32. The molecule has 2 fully saturated rings. The van der Waals surface area contributed by atoms with E-state index in [4.69, 9.17) is 0 Å². The Hall–Kier alpha value is -1.07. The van der Waals surface area contributed by atoms with Crippen molar-refractivity contribution in [1.82, 2.24) is 19.8 Å². The van der Waals surface area contributed by atoms with Crippen LogP contribution >= 0.6 is 24.8 Å². The van der Waals surface area contributed by atoms with Gasteiger partial charge in [0.15, 0.2) is 0 Å². The number of hydrogen-bond acceptors (Lipinski definition) is 3. The van der Waals surface area contributed by atoms with E-state index in [0.717, 1.165) is 12.2 Å². The molecule has 0 atom stereocenters. The molecule has 2 saturated heterocycles. The van der Waals surface area contributed by atoms with Crippen LogP contribution in [-0.2, 0) is 6.54 Å². The highest BCUT2D eigenvalue weighted by molar-refractivity contribution is 5.85. The van der Waals surface area contributed by atoms with Crippen LogP contribution < -0.4 is 5.32 Å². The van der Waals surface area contributed by atoms with Crippen LogP contribution in [0.3, 0.4) is 0 Å². The van der Waals surface area contributed by atoms with Gasteiger partial charge in [0.05, 0.1) is 11.9 Å². The van der Waals surface area contributed by atoms with Crippen molar-refractivity contribution in [2.75, 3.05) is 26.2 Å². The van der Waals surface area contributed by atoms with Crippen molar-refractivity contribution in [3.8, 4) is 5.69 Å². The lowest BCUT2D eigenvalue weighted by Gasteiger charge is -2.34. The van der Waals surface area contributed by atoms with Gasteiger partial charge in [-0.25, -0.2) is 0 Å². The molecule has 0 amide bonds. The van der Waals surface area contributed by atoms with Crippen molar-refractivity contribution < 1.29 is 0 Å². The highest BCUT2D eigenvalue weighted by Crippen LogP contribution is 2.39. The van der Waals surface area contributed by atoms with Crippen LogP contribution in [0.25, 0.3) is 5.69 Å². The Kier molecular flexibility index (Phi) is 6.70. The van der Waals surface area contributed by atoms with Gasteiger partial charge in [0.25, 0.3) is 0 Å². The molecule has 2 aromatic rings. The maximum absolute atomic E-state index is 4.24. The Balaban J connectivity index is 0.00000104. The summed E-state index contributed by atoms with van der Waals surface area (Å²) in [5.41, 5.74) is 3.09. The number of aromatic nitrogens is 2. The quantitative estimate of drug-likeness (QED) is 0.901. The average Bonchev–Trinajstić information content (AvgIpc) is 3.17. The molecule has 4 heterocycles. The predicted octanol–water partition coefficient (Wildman–Crippen LogP) is 3.29. The molecule has 24 heavy (non-hydrogen) atoms. The van der Waals surface area contributed by atoms with Gasteiger partial charge in [0.2, 0.25) is 0 Å². The molecule has 1 spiro atoms. The van der Waals surface area contributed by atoms with E-state index in [9.17, 15) is 0 Å². The van der Waals surface area contributed by atoms with E-state index in [1.54, 1.807) is 0 Å². The highest BCUT2D eigenvalue weighted by atomic mass is 35.5. The maximum atomic E-state index is 4.24. The summed E-state index contributed by atoms with van der Waals surface area (Å²) in [4.78, 5) is 6.87. The smallest absolute Gasteiger partial charge is 0.0636 e. The van der Waals surface area contributed by atoms with Crippen LogP contribution in [0.1, 0.15) is 25.0 Å². The van der Waals surface area contributed by atoms with Crippen molar-refractivity contribution in [1.29, 1.82) is 0 Å². The first-order chi connectivity index (χ1) is 10.8. The van der Waals surface area contributed by atoms with Crippen molar-refractivity contribution in [2.45, 2.75) is 25.8 Å². The van der Waals surface area contributed by atoms with Crippen LogP contribution in [0.5, 0.6) is 0 Å². The van der Waals surface area contributed by atoms with Crippen molar-refractivity contribution in [3.05, 3.63) is 48.5 Å². The molecular formula is C18H26Cl2N4. The predicted molar refractivity (Wildman–Crippen MR) is 102 cm³/mol. The molecule has 4 rings (SSSR count). The fourth-order valence-corrected chi connectivity index (χ4v) is 4.05. The number of rotatable bonds is 3. The number of piperidine rings is 1. The van der Waals surface area contributed by atoms with Crippen molar-refractivity contribution >= 4 is 24.8 Å². The Morgan fingerprint density at radius 2 is 1.92 bits per heavy atom. The van der Waals surface area contributed by atoms with E-state index in [-0.39, 0.29) is 24.8 Å². The second kappa shape index (κ2) is 8.34. The van der Waals surface area contributed by atoms with E-state index in [1.807, 2.05) is 18.5 Å². The SMILES string of the molecule is Cl.Cl.c1cncc(-n2cccc2CN2CCC3(CCNCC3)C2)c1. The first-order valence-electron chi connectivity index (χ1n) is 8.34. The lowest BCUT2D eigenvalue weighted by atomic mass is 9.78. The third kappa shape index (κ3) is 3.94. The summed E-state index contributed by atoms with van der Waals surface area (Å²) in [6, 6.07) is 8.49.